The third-order valence-corrected chi connectivity index (χ3v) is 3.01. The quantitative estimate of drug-likeness (QED) is 0.739. The van der Waals surface area contributed by atoms with Gasteiger partial charge in [-0.15, -0.1) is 0 Å². The highest BCUT2D eigenvalue weighted by atomic mass is 16.5. The molecule has 0 heterocycles. The highest BCUT2D eigenvalue weighted by molar-refractivity contribution is 5.78. The molecule has 5 nitrogen and oxygen atoms in total. The minimum Gasteiger partial charge on any atom is -0.479 e. The lowest BCUT2D eigenvalue weighted by atomic mass is 9.80. The van der Waals surface area contributed by atoms with Crippen LogP contribution in [0.25, 0.3) is 0 Å². The summed E-state index contributed by atoms with van der Waals surface area (Å²) in [7, 11) is 1.31. The van der Waals surface area contributed by atoms with Crippen molar-refractivity contribution in [3.05, 3.63) is 0 Å². The van der Waals surface area contributed by atoms with Crippen LogP contribution in [0.3, 0.4) is 0 Å². The summed E-state index contributed by atoms with van der Waals surface area (Å²) in [6.07, 6.45) is -0.594. The molecule has 0 aliphatic heterocycles. The van der Waals surface area contributed by atoms with E-state index in [9.17, 15) is 9.59 Å². The molecule has 0 aliphatic carbocycles. The van der Waals surface area contributed by atoms with E-state index in [2.05, 4.69) is 26.1 Å². The van der Waals surface area contributed by atoms with E-state index >= 15 is 0 Å². The van der Waals surface area contributed by atoms with Crippen LogP contribution in [0.15, 0.2) is 0 Å². The molecule has 0 bridgehead atoms. The maximum Gasteiger partial charge on any atom is 0.334 e. The Balaban J connectivity index is 4.07. The number of carboxylic acids is 1. The molecule has 1 amide bonds. The zero-order chi connectivity index (χ0) is 13.6. The molecule has 0 saturated heterocycles. The fourth-order valence-corrected chi connectivity index (χ4v) is 1.13. The SMILES string of the molecule is COC(CNC(=O)CC(C)C(C)(C)C)C(=O)O. The molecule has 0 aromatic heterocycles. The van der Waals surface area contributed by atoms with Crippen molar-refractivity contribution in [2.75, 3.05) is 13.7 Å². The van der Waals surface area contributed by atoms with Crippen LogP contribution in [0.5, 0.6) is 0 Å². The minimum atomic E-state index is -1.07. The van der Waals surface area contributed by atoms with Crippen LogP contribution in [-0.2, 0) is 14.3 Å². The Labute approximate surface area is 103 Å². The lowest BCUT2D eigenvalue weighted by molar-refractivity contribution is -0.148. The molecule has 0 aromatic rings. The number of methoxy groups -OCH3 is 1. The van der Waals surface area contributed by atoms with Gasteiger partial charge in [-0.05, 0) is 11.3 Å². The van der Waals surface area contributed by atoms with Crippen molar-refractivity contribution in [1.82, 2.24) is 5.32 Å². The number of ether oxygens (including phenoxy) is 1. The number of aliphatic carboxylic acids is 1. The van der Waals surface area contributed by atoms with E-state index in [1.807, 2.05) is 6.92 Å². The molecular formula is C12H23NO4. The van der Waals surface area contributed by atoms with E-state index < -0.39 is 12.1 Å². The Morgan fingerprint density at radius 2 is 1.88 bits per heavy atom. The number of carbonyl (C=O) groups is 2. The van der Waals surface area contributed by atoms with Crippen molar-refractivity contribution in [3.63, 3.8) is 0 Å². The van der Waals surface area contributed by atoms with Crippen LogP contribution < -0.4 is 5.32 Å². The Morgan fingerprint density at radius 1 is 1.35 bits per heavy atom. The molecule has 0 aromatic carbocycles. The second-order valence-electron chi connectivity index (χ2n) is 5.34. The van der Waals surface area contributed by atoms with E-state index in [0.29, 0.717) is 6.42 Å². The molecule has 5 heteroatoms. The molecule has 0 radical (unpaired) electrons. The van der Waals surface area contributed by atoms with Crippen LogP contribution in [0.4, 0.5) is 0 Å². The first-order valence-corrected chi connectivity index (χ1v) is 5.70. The van der Waals surface area contributed by atoms with Gasteiger partial charge in [0.15, 0.2) is 6.10 Å². The van der Waals surface area contributed by atoms with Crippen LogP contribution in [0.2, 0.25) is 0 Å². The summed E-state index contributed by atoms with van der Waals surface area (Å²) in [6.45, 7) is 8.21. The summed E-state index contributed by atoms with van der Waals surface area (Å²) >= 11 is 0. The first-order chi connectivity index (χ1) is 7.68. The standard InChI is InChI=1S/C12H23NO4/c1-8(12(2,3)4)6-10(14)13-7-9(17-5)11(15)16/h8-9H,6-7H2,1-5H3,(H,13,14)(H,15,16). The lowest BCUT2D eigenvalue weighted by Gasteiger charge is -2.26. The van der Waals surface area contributed by atoms with Gasteiger partial charge in [0.05, 0.1) is 6.54 Å². The maximum absolute atomic E-state index is 11.6. The van der Waals surface area contributed by atoms with Gasteiger partial charge in [0.1, 0.15) is 0 Å². The van der Waals surface area contributed by atoms with Crippen LogP contribution in [-0.4, -0.2) is 36.7 Å². The molecule has 2 N–H and O–H groups in total. The van der Waals surface area contributed by atoms with E-state index in [4.69, 9.17) is 9.84 Å². The van der Waals surface area contributed by atoms with Gasteiger partial charge in [-0.1, -0.05) is 27.7 Å². The number of carbonyl (C=O) groups excluding carboxylic acids is 1. The molecule has 0 aliphatic rings. The van der Waals surface area contributed by atoms with Gasteiger partial charge in [-0.25, -0.2) is 4.79 Å². The topological polar surface area (TPSA) is 75.6 Å². The van der Waals surface area contributed by atoms with E-state index in [1.54, 1.807) is 0 Å². The number of rotatable bonds is 6. The Kier molecular flexibility index (Phi) is 6.16. The molecule has 2 unspecified atom stereocenters. The van der Waals surface area contributed by atoms with Gasteiger partial charge in [0.2, 0.25) is 5.91 Å². The molecule has 100 valence electrons. The molecule has 2 atom stereocenters. The fourth-order valence-electron chi connectivity index (χ4n) is 1.13. The highest BCUT2D eigenvalue weighted by Gasteiger charge is 2.23. The minimum absolute atomic E-state index is 0.00152. The number of carboxylic acid groups (broad SMARTS) is 1. The van der Waals surface area contributed by atoms with E-state index in [1.165, 1.54) is 7.11 Å². The fraction of sp³-hybridized carbons (Fsp3) is 0.833. The first-order valence-electron chi connectivity index (χ1n) is 5.70. The number of hydrogen-bond donors (Lipinski definition) is 2. The van der Waals surface area contributed by atoms with Crippen molar-refractivity contribution in [2.45, 2.75) is 40.2 Å². The summed E-state index contributed by atoms with van der Waals surface area (Å²) in [5.41, 5.74) is 0.0603. The number of amides is 1. The second-order valence-corrected chi connectivity index (χ2v) is 5.34. The first kappa shape index (κ1) is 15.9. The monoisotopic (exact) mass is 245 g/mol. The van der Waals surface area contributed by atoms with Crippen molar-refractivity contribution >= 4 is 11.9 Å². The summed E-state index contributed by atoms with van der Waals surface area (Å²) in [5.74, 6) is -0.985. The molecule has 17 heavy (non-hydrogen) atoms. The van der Waals surface area contributed by atoms with Gasteiger partial charge in [-0.2, -0.15) is 0 Å². The number of nitrogens with one attached hydrogen (secondary N) is 1. The van der Waals surface area contributed by atoms with Gasteiger partial charge in [-0.3, -0.25) is 4.79 Å². The molecule has 0 spiro atoms. The molecule has 0 fully saturated rings. The third-order valence-electron chi connectivity index (χ3n) is 3.01. The van der Waals surface area contributed by atoms with E-state index in [0.717, 1.165) is 0 Å². The normalized spacial score (nSPS) is 15.1. The van der Waals surface area contributed by atoms with Crippen LogP contribution in [0.1, 0.15) is 34.1 Å². The predicted octanol–water partition coefficient (Wildman–Crippen LogP) is 1.27. The van der Waals surface area contributed by atoms with Gasteiger partial charge in [0, 0.05) is 13.5 Å². The zero-order valence-corrected chi connectivity index (χ0v) is 11.2. The van der Waals surface area contributed by atoms with Crippen molar-refractivity contribution in [1.29, 1.82) is 0 Å². The van der Waals surface area contributed by atoms with Crippen LogP contribution >= 0.6 is 0 Å². The zero-order valence-electron chi connectivity index (χ0n) is 11.2. The maximum atomic E-state index is 11.6. The Morgan fingerprint density at radius 3 is 2.24 bits per heavy atom. The van der Waals surface area contributed by atoms with Crippen molar-refractivity contribution < 1.29 is 19.4 Å². The van der Waals surface area contributed by atoms with Gasteiger partial charge < -0.3 is 15.2 Å². The van der Waals surface area contributed by atoms with Crippen molar-refractivity contribution in [3.8, 4) is 0 Å². The Hall–Kier alpha value is -1.10. The second kappa shape index (κ2) is 6.59. The third kappa shape index (κ3) is 6.26. The highest BCUT2D eigenvalue weighted by Crippen LogP contribution is 2.27. The Bertz CT molecular complexity index is 270. The van der Waals surface area contributed by atoms with Gasteiger partial charge >= 0.3 is 5.97 Å². The van der Waals surface area contributed by atoms with Gasteiger partial charge in [0.25, 0.3) is 0 Å². The average Bonchev–Trinajstić information content (AvgIpc) is 2.16. The largest absolute Gasteiger partial charge is 0.479 e. The lowest BCUT2D eigenvalue weighted by Crippen LogP contribution is -2.39. The molecule has 0 saturated carbocycles. The van der Waals surface area contributed by atoms with E-state index in [-0.39, 0.29) is 23.8 Å². The summed E-state index contributed by atoms with van der Waals surface area (Å²) in [5, 5.41) is 11.3. The smallest absolute Gasteiger partial charge is 0.334 e. The van der Waals surface area contributed by atoms with Crippen LogP contribution in [0, 0.1) is 11.3 Å². The number of hydrogen-bond acceptors (Lipinski definition) is 3. The average molecular weight is 245 g/mol. The molecule has 0 rings (SSSR count). The van der Waals surface area contributed by atoms with Crippen molar-refractivity contribution in [2.24, 2.45) is 11.3 Å². The summed E-state index contributed by atoms with van der Waals surface area (Å²) < 4.78 is 4.72. The molecular weight excluding hydrogens is 222 g/mol. The summed E-state index contributed by atoms with van der Waals surface area (Å²) in [4.78, 5) is 22.2. The predicted molar refractivity (Wildman–Crippen MR) is 64.7 cm³/mol. The summed E-state index contributed by atoms with van der Waals surface area (Å²) in [6, 6.07) is 0.